The van der Waals surface area contributed by atoms with Crippen molar-refractivity contribution in [3.63, 3.8) is 0 Å². The van der Waals surface area contributed by atoms with Crippen LogP contribution in [0, 0.1) is 10.1 Å². The van der Waals surface area contributed by atoms with Gasteiger partial charge in [-0.05, 0) is 31.4 Å². The van der Waals surface area contributed by atoms with Crippen LogP contribution < -0.4 is 5.73 Å². The smallest absolute Gasteiger partial charge is 0.269 e. The lowest BCUT2D eigenvalue weighted by Gasteiger charge is -2.15. The van der Waals surface area contributed by atoms with Crippen molar-refractivity contribution in [3.05, 3.63) is 45.0 Å². The van der Waals surface area contributed by atoms with Gasteiger partial charge in [0.1, 0.15) is 5.01 Å². The molecule has 2 aromatic rings. The average Bonchev–Trinajstić information content (AvgIpc) is 2.84. The second kappa shape index (κ2) is 4.71. The van der Waals surface area contributed by atoms with Crippen molar-refractivity contribution in [2.45, 2.75) is 25.3 Å². The van der Waals surface area contributed by atoms with Gasteiger partial charge in [-0.1, -0.05) is 0 Å². The van der Waals surface area contributed by atoms with Crippen molar-refractivity contribution in [1.29, 1.82) is 0 Å². The number of benzene rings is 1. The number of nitro benzene ring substituents is 1. The van der Waals surface area contributed by atoms with Gasteiger partial charge in [0.25, 0.3) is 5.69 Å². The first-order valence-electron chi connectivity index (χ1n) is 6.15. The van der Waals surface area contributed by atoms with Gasteiger partial charge >= 0.3 is 0 Å². The highest BCUT2D eigenvalue weighted by Crippen LogP contribution is 2.36. The average molecular weight is 275 g/mol. The molecule has 1 aromatic carbocycles. The number of hydrogen-bond donors (Lipinski definition) is 1. The molecule has 0 fully saturated rings. The van der Waals surface area contributed by atoms with Crippen molar-refractivity contribution in [2.75, 3.05) is 0 Å². The van der Waals surface area contributed by atoms with Gasteiger partial charge in [-0.3, -0.25) is 10.1 Å². The zero-order valence-electron chi connectivity index (χ0n) is 10.2. The first-order valence-corrected chi connectivity index (χ1v) is 6.97. The van der Waals surface area contributed by atoms with E-state index in [2.05, 4.69) is 4.98 Å². The summed E-state index contributed by atoms with van der Waals surface area (Å²) in [4.78, 5) is 16.0. The van der Waals surface area contributed by atoms with E-state index in [1.807, 2.05) is 0 Å². The Hall–Kier alpha value is -1.79. The molecular formula is C13H13N3O2S. The summed E-state index contributed by atoms with van der Waals surface area (Å²) >= 11 is 1.60. The van der Waals surface area contributed by atoms with Crippen molar-refractivity contribution < 1.29 is 4.92 Å². The van der Waals surface area contributed by atoms with Crippen LogP contribution in [0.15, 0.2) is 24.3 Å². The van der Waals surface area contributed by atoms with Crippen LogP contribution >= 0.6 is 11.3 Å². The van der Waals surface area contributed by atoms with Crippen LogP contribution in [-0.2, 0) is 6.42 Å². The third-order valence-corrected chi connectivity index (χ3v) is 4.60. The minimum absolute atomic E-state index is 0.0908. The maximum absolute atomic E-state index is 10.6. The molecule has 0 saturated carbocycles. The highest BCUT2D eigenvalue weighted by molar-refractivity contribution is 7.15. The number of hydrogen-bond acceptors (Lipinski definition) is 5. The molecule has 98 valence electrons. The number of thiazole rings is 1. The predicted molar refractivity (Wildman–Crippen MR) is 74.1 cm³/mol. The lowest BCUT2D eigenvalue weighted by Crippen LogP contribution is -2.15. The monoisotopic (exact) mass is 275 g/mol. The van der Waals surface area contributed by atoms with Crippen LogP contribution in [0.5, 0.6) is 0 Å². The van der Waals surface area contributed by atoms with E-state index in [9.17, 15) is 10.1 Å². The number of aryl methyl sites for hydroxylation is 1. The lowest BCUT2D eigenvalue weighted by atomic mass is 9.99. The molecule has 0 radical (unpaired) electrons. The van der Waals surface area contributed by atoms with Crippen LogP contribution in [0.3, 0.4) is 0 Å². The fraction of sp³-hybridized carbons (Fsp3) is 0.308. The van der Waals surface area contributed by atoms with Gasteiger partial charge in [0, 0.05) is 28.6 Å². The Morgan fingerprint density at radius 2 is 2.11 bits per heavy atom. The van der Waals surface area contributed by atoms with Crippen molar-refractivity contribution in [1.82, 2.24) is 4.98 Å². The summed E-state index contributed by atoms with van der Waals surface area (Å²) in [6.45, 7) is 0. The minimum Gasteiger partial charge on any atom is -0.323 e. The lowest BCUT2D eigenvalue weighted by molar-refractivity contribution is -0.384. The van der Waals surface area contributed by atoms with E-state index < -0.39 is 4.92 Å². The maximum Gasteiger partial charge on any atom is 0.269 e. The Morgan fingerprint density at radius 1 is 1.37 bits per heavy atom. The molecule has 6 heteroatoms. The number of aromatic nitrogens is 1. The molecule has 0 saturated heterocycles. The van der Waals surface area contributed by atoms with Gasteiger partial charge in [0.05, 0.1) is 10.6 Å². The molecule has 0 amide bonds. The number of nitrogens with zero attached hydrogens (tertiary/aromatic N) is 2. The van der Waals surface area contributed by atoms with E-state index in [1.54, 1.807) is 23.5 Å². The van der Waals surface area contributed by atoms with Gasteiger partial charge in [0.15, 0.2) is 0 Å². The summed E-state index contributed by atoms with van der Waals surface area (Å²) in [5, 5.41) is 11.5. The van der Waals surface area contributed by atoms with Crippen LogP contribution in [0.25, 0.3) is 10.6 Å². The molecule has 0 aliphatic heterocycles. The Kier molecular flexibility index (Phi) is 3.04. The Balaban J connectivity index is 1.96. The minimum atomic E-state index is -0.396. The quantitative estimate of drug-likeness (QED) is 0.674. The topological polar surface area (TPSA) is 82.0 Å². The zero-order valence-corrected chi connectivity index (χ0v) is 11.0. The van der Waals surface area contributed by atoms with Gasteiger partial charge in [-0.25, -0.2) is 4.98 Å². The van der Waals surface area contributed by atoms with E-state index in [1.165, 1.54) is 17.0 Å². The van der Waals surface area contributed by atoms with Gasteiger partial charge < -0.3 is 5.73 Å². The van der Waals surface area contributed by atoms with Crippen LogP contribution in [0.4, 0.5) is 5.69 Å². The Bertz CT molecular complexity index is 621. The fourth-order valence-corrected chi connectivity index (χ4v) is 3.45. The molecule has 0 bridgehead atoms. The highest BCUT2D eigenvalue weighted by Gasteiger charge is 2.22. The second-order valence-corrected chi connectivity index (χ2v) is 5.66. The first kappa shape index (κ1) is 12.3. The first-order chi connectivity index (χ1) is 9.15. The van der Waals surface area contributed by atoms with Crippen molar-refractivity contribution >= 4 is 17.0 Å². The number of nitro groups is 1. The number of nitrogens with two attached hydrogens (primary N) is 1. The van der Waals surface area contributed by atoms with E-state index in [4.69, 9.17) is 5.73 Å². The number of rotatable bonds is 2. The molecule has 1 aromatic heterocycles. The molecule has 1 unspecified atom stereocenters. The molecule has 1 aliphatic rings. The summed E-state index contributed by atoms with van der Waals surface area (Å²) in [5.41, 5.74) is 8.19. The molecule has 1 atom stereocenters. The molecule has 3 rings (SSSR count). The molecule has 5 nitrogen and oxygen atoms in total. The molecule has 1 aliphatic carbocycles. The molecule has 0 spiro atoms. The van der Waals surface area contributed by atoms with Crippen molar-refractivity contribution in [2.24, 2.45) is 5.73 Å². The summed E-state index contributed by atoms with van der Waals surface area (Å²) in [6.07, 6.45) is 3.07. The Morgan fingerprint density at radius 3 is 2.74 bits per heavy atom. The number of non-ortho nitro benzene ring substituents is 1. The molecule has 19 heavy (non-hydrogen) atoms. The highest BCUT2D eigenvalue weighted by atomic mass is 32.1. The van der Waals surface area contributed by atoms with Crippen molar-refractivity contribution in [3.8, 4) is 10.6 Å². The fourth-order valence-electron chi connectivity index (χ4n) is 2.30. The van der Waals surface area contributed by atoms with E-state index in [0.29, 0.717) is 0 Å². The van der Waals surface area contributed by atoms with E-state index >= 15 is 0 Å². The molecule has 1 heterocycles. The standard InChI is InChI=1S/C13H13N3O2S/c14-10-2-1-3-11-12(10)19-13(15-11)8-4-6-9(7-5-8)16(17)18/h4-7,10H,1-3,14H2. The summed E-state index contributed by atoms with van der Waals surface area (Å²) in [7, 11) is 0. The SMILES string of the molecule is NC1CCCc2nc(-c3ccc([N+](=O)[O-])cc3)sc21. The summed E-state index contributed by atoms with van der Waals surface area (Å²) in [6, 6.07) is 6.60. The van der Waals surface area contributed by atoms with Gasteiger partial charge in [-0.15, -0.1) is 11.3 Å². The van der Waals surface area contributed by atoms with Gasteiger partial charge in [0.2, 0.25) is 0 Å². The van der Waals surface area contributed by atoms with Crippen LogP contribution in [0.2, 0.25) is 0 Å². The second-order valence-electron chi connectivity index (χ2n) is 4.63. The Labute approximate surface area is 114 Å². The van der Waals surface area contributed by atoms with Crippen LogP contribution in [-0.4, -0.2) is 9.91 Å². The molecule has 2 N–H and O–H groups in total. The predicted octanol–water partition coefficient (Wildman–Crippen LogP) is 3.05. The van der Waals surface area contributed by atoms with E-state index in [-0.39, 0.29) is 11.7 Å². The largest absolute Gasteiger partial charge is 0.323 e. The number of fused-ring (bicyclic) bond motifs is 1. The zero-order chi connectivity index (χ0) is 13.4. The third kappa shape index (κ3) is 2.24. The summed E-state index contributed by atoms with van der Waals surface area (Å²) < 4.78 is 0. The molecular weight excluding hydrogens is 262 g/mol. The maximum atomic E-state index is 10.6. The normalized spacial score (nSPS) is 18.1. The summed E-state index contributed by atoms with van der Waals surface area (Å²) in [5.74, 6) is 0. The van der Waals surface area contributed by atoms with E-state index in [0.717, 1.165) is 35.5 Å². The third-order valence-electron chi connectivity index (χ3n) is 3.32. The van der Waals surface area contributed by atoms with Gasteiger partial charge in [-0.2, -0.15) is 0 Å². The van der Waals surface area contributed by atoms with Crippen LogP contribution in [0.1, 0.15) is 29.5 Å².